The minimum absolute atomic E-state index is 0.0474. The molecule has 1 N–H and O–H groups in total. The van der Waals surface area contributed by atoms with Crippen LogP contribution in [0.15, 0.2) is 96.4 Å². The summed E-state index contributed by atoms with van der Waals surface area (Å²) in [5.74, 6) is -2.61. The van der Waals surface area contributed by atoms with Crippen LogP contribution in [0.2, 0.25) is 0 Å². The SMILES string of the molecule is CC(O)[C@H]1C(=O)N2C(C(=O)OCc3ccc([N+](=O)[O-])cc3)=C(OP(=O)(c3ccccc3)c3ccccc3)[C@@H](C)[C@H]12. The lowest BCUT2D eigenvalue weighted by Gasteiger charge is -2.46. The second-order valence-electron chi connectivity index (χ2n) is 9.78. The summed E-state index contributed by atoms with van der Waals surface area (Å²) in [4.78, 5) is 38.3. The summed E-state index contributed by atoms with van der Waals surface area (Å²) in [5, 5.41) is 22.1. The van der Waals surface area contributed by atoms with Gasteiger partial charge >= 0.3 is 13.3 Å². The Morgan fingerprint density at radius 2 is 1.57 bits per heavy atom. The Morgan fingerprint density at radius 1 is 1.02 bits per heavy atom. The molecule has 0 aromatic heterocycles. The Bertz CT molecular complexity index is 1480. The summed E-state index contributed by atoms with van der Waals surface area (Å²) < 4.78 is 26.5. The molecule has 3 aromatic rings. The van der Waals surface area contributed by atoms with E-state index in [9.17, 15) is 29.4 Å². The third-order valence-corrected chi connectivity index (χ3v) is 9.65. The van der Waals surface area contributed by atoms with Gasteiger partial charge in [-0.15, -0.1) is 0 Å². The fourth-order valence-electron chi connectivity index (χ4n) is 5.21. The zero-order chi connectivity index (χ0) is 28.6. The van der Waals surface area contributed by atoms with Gasteiger partial charge in [-0.1, -0.05) is 43.3 Å². The largest absolute Gasteiger partial charge is 0.456 e. The summed E-state index contributed by atoms with van der Waals surface area (Å²) in [7, 11) is -3.80. The van der Waals surface area contributed by atoms with Crippen molar-refractivity contribution in [2.24, 2.45) is 11.8 Å². The molecule has 1 saturated heterocycles. The first-order valence-electron chi connectivity index (χ1n) is 12.7. The molecule has 4 atom stereocenters. The van der Waals surface area contributed by atoms with Gasteiger partial charge in [-0.05, 0) is 48.9 Å². The van der Waals surface area contributed by atoms with E-state index in [1.165, 1.54) is 36.1 Å². The van der Waals surface area contributed by atoms with Crippen molar-refractivity contribution < 1.29 is 33.4 Å². The highest BCUT2D eigenvalue weighted by Crippen LogP contribution is 2.55. The number of ether oxygens (including phenoxy) is 1. The number of esters is 1. The number of nitro groups is 1. The number of aliphatic hydroxyl groups excluding tert-OH is 1. The first-order valence-corrected chi connectivity index (χ1v) is 14.3. The van der Waals surface area contributed by atoms with E-state index in [0.717, 1.165) is 0 Å². The first kappa shape index (κ1) is 27.3. The number of benzene rings is 3. The van der Waals surface area contributed by atoms with E-state index in [4.69, 9.17) is 9.26 Å². The van der Waals surface area contributed by atoms with Gasteiger partial charge in [0.25, 0.3) is 5.69 Å². The summed E-state index contributed by atoms with van der Waals surface area (Å²) in [6.45, 7) is 3.05. The molecule has 5 rings (SSSR count). The van der Waals surface area contributed by atoms with Gasteiger partial charge in [0.05, 0.1) is 33.6 Å². The average molecular weight is 563 g/mol. The molecule has 1 unspecified atom stereocenters. The van der Waals surface area contributed by atoms with E-state index in [1.807, 2.05) is 0 Å². The molecule has 1 amide bonds. The van der Waals surface area contributed by atoms with Crippen molar-refractivity contribution in [2.45, 2.75) is 32.6 Å². The molecule has 10 nitrogen and oxygen atoms in total. The molecular weight excluding hydrogens is 535 g/mol. The second-order valence-corrected chi connectivity index (χ2v) is 12.1. The van der Waals surface area contributed by atoms with Crippen LogP contribution in [-0.2, 0) is 30.0 Å². The molecule has 0 bridgehead atoms. The molecule has 0 radical (unpaired) electrons. The Morgan fingerprint density at radius 3 is 2.08 bits per heavy atom. The van der Waals surface area contributed by atoms with Crippen molar-refractivity contribution in [3.8, 4) is 0 Å². The lowest BCUT2D eigenvalue weighted by molar-refractivity contribution is -0.384. The highest BCUT2D eigenvalue weighted by molar-refractivity contribution is 7.74. The van der Waals surface area contributed by atoms with E-state index < -0.39 is 48.2 Å². The zero-order valence-corrected chi connectivity index (χ0v) is 22.6. The highest BCUT2D eigenvalue weighted by atomic mass is 31.2. The van der Waals surface area contributed by atoms with Crippen LogP contribution < -0.4 is 10.6 Å². The van der Waals surface area contributed by atoms with E-state index >= 15 is 0 Å². The number of fused-ring (bicyclic) bond motifs is 1. The van der Waals surface area contributed by atoms with E-state index in [0.29, 0.717) is 16.2 Å². The molecule has 2 heterocycles. The third-order valence-electron chi connectivity index (χ3n) is 7.24. The molecule has 2 aliphatic heterocycles. The van der Waals surface area contributed by atoms with Crippen molar-refractivity contribution in [2.75, 3.05) is 0 Å². The Labute approximate surface area is 230 Å². The van der Waals surface area contributed by atoms with Crippen molar-refractivity contribution in [3.05, 3.63) is 112 Å². The number of nitro benzene ring substituents is 1. The maximum Gasteiger partial charge on any atom is 0.358 e. The average Bonchev–Trinajstić information content (AvgIpc) is 3.20. The Kier molecular flexibility index (Phi) is 7.31. The van der Waals surface area contributed by atoms with Gasteiger partial charge in [0.1, 0.15) is 12.4 Å². The van der Waals surface area contributed by atoms with E-state index in [2.05, 4.69) is 0 Å². The first-order chi connectivity index (χ1) is 19.1. The van der Waals surface area contributed by atoms with Crippen LogP contribution in [0.25, 0.3) is 0 Å². The predicted molar refractivity (Wildman–Crippen MR) is 146 cm³/mol. The van der Waals surface area contributed by atoms with Crippen molar-refractivity contribution in [3.63, 3.8) is 0 Å². The lowest BCUT2D eigenvalue weighted by Crippen LogP contribution is -2.63. The Balaban J connectivity index is 1.53. The van der Waals surface area contributed by atoms with E-state index in [-0.39, 0.29) is 23.8 Å². The van der Waals surface area contributed by atoms with Gasteiger partial charge in [-0.3, -0.25) is 24.4 Å². The number of aliphatic hydroxyl groups is 1. The van der Waals surface area contributed by atoms with Gasteiger partial charge in [0.15, 0.2) is 5.70 Å². The maximum atomic E-state index is 14.7. The maximum absolute atomic E-state index is 14.7. The highest BCUT2D eigenvalue weighted by Gasteiger charge is 2.61. The molecule has 2 aliphatic rings. The number of hydrogen-bond acceptors (Lipinski definition) is 8. The minimum Gasteiger partial charge on any atom is -0.456 e. The van der Waals surface area contributed by atoms with Crippen molar-refractivity contribution in [1.29, 1.82) is 0 Å². The summed E-state index contributed by atoms with van der Waals surface area (Å²) in [6, 6.07) is 22.2. The predicted octanol–water partition coefficient (Wildman–Crippen LogP) is 3.65. The topological polar surface area (TPSA) is 136 Å². The third kappa shape index (κ3) is 4.69. The number of nitrogens with zero attached hydrogens (tertiary/aromatic N) is 2. The fraction of sp³-hybridized carbons (Fsp3) is 0.241. The molecule has 11 heteroatoms. The monoisotopic (exact) mass is 562 g/mol. The van der Waals surface area contributed by atoms with Crippen LogP contribution in [0.1, 0.15) is 19.4 Å². The quantitative estimate of drug-likeness (QED) is 0.137. The molecule has 1 fully saturated rings. The van der Waals surface area contributed by atoms with E-state index in [1.54, 1.807) is 67.6 Å². The number of carbonyl (C=O) groups is 2. The number of amides is 1. The van der Waals surface area contributed by atoms with Crippen LogP contribution in [0.3, 0.4) is 0 Å². The lowest BCUT2D eigenvalue weighted by atomic mass is 9.79. The summed E-state index contributed by atoms with van der Waals surface area (Å²) in [6.07, 6.45) is -0.969. The van der Waals surface area contributed by atoms with Gasteiger partial charge in [-0.2, -0.15) is 0 Å². The molecule has 0 saturated carbocycles. The number of non-ortho nitro benzene ring substituents is 1. The number of hydrogen-bond donors (Lipinski definition) is 1. The molecular formula is C29H27N2O8P. The molecule has 3 aromatic carbocycles. The van der Waals surface area contributed by atoms with Gasteiger partial charge in [0, 0.05) is 18.1 Å². The van der Waals surface area contributed by atoms with Crippen LogP contribution in [0, 0.1) is 22.0 Å². The second kappa shape index (κ2) is 10.7. The summed E-state index contributed by atoms with van der Waals surface area (Å²) in [5.41, 5.74) is 0.239. The number of carbonyl (C=O) groups excluding carboxylic acids is 2. The summed E-state index contributed by atoms with van der Waals surface area (Å²) >= 11 is 0. The van der Waals surface area contributed by atoms with Gasteiger partial charge in [-0.25, -0.2) is 4.79 Å². The standard InChI is InChI=1S/C29H27N2O8P/c1-18-25-24(19(2)32)28(33)30(25)26(29(34)38-17-20-13-15-21(16-14-20)31(35)36)27(18)39-40(37,22-9-5-3-6-10-22)23-11-7-4-8-12-23/h3-16,18-19,24-25,32H,17H2,1-2H3/t18-,19?,24+,25+/m0/s1. The molecule has 0 aliphatic carbocycles. The van der Waals surface area contributed by atoms with Crippen LogP contribution in [0.5, 0.6) is 0 Å². The van der Waals surface area contributed by atoms with Crippen LogP contribution in [0.4, 0.5) is 5.69 Å². The number of rotatable bonds is 9. The fourth-order valence-corrected chi connectivity index (χ4v) is 7.37. The van der Waals surface area contributed by atoms with Crippen molar-refractivity contribution >= 4 is 35.5 Å². The number of β-lactam (4-membered cyclic amide) rings is 1. The normalized spacial score (nSPS) is 20.9. The van der Waals surface area contributed by atoms with Gasteiger partial charge in [0.2, 0.25) is 5.91 Å². The smallest absolute Gasteiger partial charge is 0.358 e. The Hall–Kier alpha value is -4.27. The molecule has 0 spiro atoms. The van der Waals surface area contributed by atoms with Crippen LogP contribution in [-0.4, -0.2) is 39.0 Å². The van der Waals surface area contributed by atoms with Crippen LogP contribution >= 0.6 is 7.37 Å². The van der Waals surface area contributed by atoms with Gasteiger partial charge < -0.3 is 14.4 Å². The zero-order valence-electron chi connectivity index (χ0n) is 21.7. The van der Waals surface area contributed by atoms with Crippen molar-refractivity contribution in [1.82, 2.24) is 4.90 Å². The minimum atomic E-state index is -3.80. The molecule has 206 valence electrons. The molecule has 40 heavy (non-hydrogen) atoms.